The molecule has 0 bridgehead atoms. The average Bonchev–Trinajstić information content (AvgIpc) is 3.60. The summed E-state index contributed by atoms with van der Waals surface area (Å²) in [6.07, 6.45) is 8.81. The number of anilines is 1. The van der Waals surface area contributed by atoms with Gasteiger partial charge in [0.2, 0.25) is 0 Å². The minimum absolute atomic E-state index is 0.162. The number of nitrogens with zero attached hydrogens (tertiary/aromatic N) is 3. The Morgan fingerprint density at radius 3 is 2.62 bits per heavy atom. The summed E-state index contributed by atoms with van der Waals surface area (Å²) in [7, 11) is 0. The van der Waals surface area contributed by atoms with E-state index >= 15 is 0 Å². The van der Waals surface area contributed by atoms with E-state index in [1.807, 2.05) is 11.3 Å². The summed E-state index contributed by atoms with van der Waals surface area (Å²) in [6, 6.07) is 6.50. The van der Waals surface area contributed by atoms with E-state index in [1.54, 1.807) is 23.1 Å². The lowest BCUT2D eigenvalue weighted by Gasteiger charge is -2.33. The quantitative estimate of drug-likeness (QED) is 0.586. The summed E-state index contributed by atoms with van der Waals surface area (Å²) in [4.78, 5) is 27.1. The van der Waals surface area contributed by atoms with E-state index in [-0.39, 0.29) is 17.5 Å². The van der Waals surface area contributed by atoms with Gasteiger partial charge in [-0.05, 0) is 69.1 Å². The van der Waals surface area contributed by atoms with Gasteiger partial charge in [0.25, 0.3) is 5.91 Å². The topological polar surface area (TPSA) is 58.1 Å². The predicted octanol–water partition coefficient (Wildman–Crippen LogP) is 5.30. The minimum atomic E-state index is -0.448. The van der Waals surface area contributed by atoms with Gasteiger partial charge in [0.05, 0.1) is 10.9 Å². The van der Waals surface area contributed by atoms with Crippen molar-refractivity contribution < 1.29 is 9.18 Å². The molecule has 3 aromatic rings. The highest BCUT2D eigenvalue weighted by Crippen LogP contribution is 2.43. The van der Waals surface area contributed by atoms with Crippen LogP contribution in [0.2, 0.25) is 0 Å². The number of nitrogens with one attached hydrogen (secondary N) is 1. The van der Waals surface area contributed by atoms with Crippen LogP contribution in [0.1, 0.15) is 71.1 Å². The standard InChI is InChI=1S/C25H27FN4OS/c26-19-7-3-1-5-17(19)25(31)30-13-11-16(12-14-30)27-23-21-18-6-2-4-8-20(18)32-24(21)29-22(28-23)15-9-10-15/h1,3,5,7,15-16H,2,4,6,8-14H2,(H,27,28,29). The number of rotatable bonds is 4. The molecule has 0 radical (unpaired) electrons. The zero-order valence-corrected chi connectivity index (χ0v) is 18.9. The molecule has 1 aliphatic heterocycles. The van der Waals surface area contributed by atoms with Crippen molar-refractivity contribution >= 4 is 33.3 Å². The predicted molar refractivity (Wildman–Crippen MR) is 125 cm³/mol. The summed E-state index contributed by atoms with van der Waals surface area (Å²) in [5, 5.41) is 4.97. The van der Waals surface area contributed by atoms with Crippen molar-refractivity contribution in [2.45, 2.75) is 63.3 Å². The number of carbonyl (C=O) groups excluding carboxylic acids is 1. The normalized spacial score (nSPS) is 19.2. The van der Waals surface area contributed by atoms with Gasteiger partial charge < -0.3 is 10.2 Å². The van der Waals surface area contributed by atoms with Crippen molar-refractivity contribution in [2.24, 2.45) is 0 Å². The van der Waals surface area contributed by atoms with Crippen molar-refractivity contribution in [2.75, 3.05) is 18.4 Å². The fraction of sp³-hybridized carbons (Fsp3) is 0.480. The largest absolute Gasteiger partial charge is 0.367 e. The highest BCUT2D eigenvalue weighted by Gasteiger charge is 2.31. The van der Waals surface area contributed by atoms with E-state index in [0.29, 0.717) is 19.0 Å². The second kappa shape index (κ2) is 8.10. The third-order valence-corrected chi connectivity index (χ3v) is 8.19. The van der Waals surface area contributed by atoms with Gasteiger partial charge in [-0.15, -0.1) is 11.3 Å². The van der Waals surface area contributed by atoms with Gasteiger partial charge in [-0.25, -0.2) is 14.4 Å². The number of halogens is 1. The van der Waals surface area contributed by atoms with Crippen LogP contribution in [0.5, 0.6) is 0 Å². The lowest BCUT2D eigenvalue weighted by atomic mass is 9.96. The maximum Gasteiger partial charge on any atom is 0.256 e. The van der Waals surface area contributed by atoms with Crippen LogP contribution in [0.25, 0.3) is 10.2 Å². The van der Waals surface area contributed by atoms with Crippen LogP contribution in [-0.4, -0.2) is 39.9 Å². The number of hydrogen-bond donors (Lipinski definition) is 1. The molecular weight excluding hydrogens is 423 g/mol. The Morgan fingerprint density at radius 2 is 1.84 bits per heavy atom. The Labute approximate surface area is 191 Å². The van der Waals surface area contributed by atoms with Gasteiger partial charge in [0, 0.05) is 29.9 Å². The second-order valence-corrected chi connectivity index (χ2v) is 10.4. The van der Waals surface area contributed by atoms with E-state index in [1.165, 1.54) is 47.6 Å². The highest BCUT2D eigenvalue weighted by atomic mass is 32.1. The Morgan fingerprint density at radius 1 is 1.06 bits per heavy atom. The molecule has 6 rings (SSSR count). The van der Waals surface area contributed by atoms with E-state index in [0.717, 1.165) is 42.2 Å². The van der Waals surface area contributed by atoms with Crippen molar-refractivity contribution in [1.29, 1.82) is 0 Å². The van der Waals surface area contributed by atoms with Crippen LogP contribution >= 0.6 is 11.3 Å². The maximum absolute atomic E-state index is 14.0. The van der Waals surface area contributed by atoms with Crippen LogP contribution in [0.4, 0.5) is 10.2 Å². The number of aryl methyl sites for hydroxylation is 2. The number of piperidine rings is 1. The van der Waals surface area contributed by atoms with Crippen LogP contribution in [0, 0.1) is 5.82 Å². The minimum Gasteiger partial charge on any atom is -0.367 e. The Hall–Kier alpha value is -2.54. The molecule has 2 aromatic heterocycles. The molecule has 2 aliphatic carbocycles. The van der Waals surface area contributed by atoms with Crippen molar-refractivity contribution in [3.8, 4) is 0 Å². The number of fused-ring (bicyclic) bond motifs is 3. The number of likely N-dealkylation sites (tertiary alicyclic amines) is 1. The summed E-state index contributed by atoms with van der Waals surface area (Å²) in [6.45, 7) is 1.24. The Balaban J connectivity index is 1.22. The van der Waals surface area contributed by atoms with Crippen LogP contribution in [0.3, 0.4) is 0 Å². The Bertz CT molecular complexity index is 1180. The molecule has 7 heteroatoms. The van der Waals surface area contributed by atoms with Crippen LogP contribution in [0.15, 0.2) is 24.3 Å². The molecule has 1 aromatic carbocycles. The molecule has 1 saturated carbocycles. The number of thiophene rings is 1. The first-order chi connectivity index (χ1) is 15.7. The zero-order valence-electron chi connectivity index (χ0n) is 18.1. The SMILES string of the molecule is O=C(c1ccccc1F)N1CCC(Nc2nc(C3CC3)nc3sc4c(c23)CCCC4)CC1. The van der Waals surface area contributed by atoms with Gasteiger partial charge in [-0.3, -0.25) is 4.79 Å². The second-order valence-electron chi connectivity index (χ2n) is 9.29. The first-order valence-corrected chi connectivity index (χ1v) is 12.6. The maximum atomic E-state index is 14.0. The summed E-state index contributed by atoms with van der Waals surface area (Å²) in [5.41, 5.74) is 1.61. The molecule has 0 unspecified atom stereocenters. The number of hydrogen-bond acceptors (Lipinski definition) is 5. The van der Waals surface area contributed by atoms with Gasteiger partial charge in [-0.2, -0.15) is 0 Å². The van der Waals surface area contributed by atoms with E-state index in [9.17, 15) is 9.18 Å². The molecule has 1 amide bonds. The average molecular weight is 451 g/mol. The molecule has 3 aliphatic rings. The Kier molecular flexibility index (Phi) is 5.09. The molecule has 1 N–H and O–H groups in total. The zero-order chi connectivity index (χ0) is 21.7. The lowest BCUT2D eigenvalue weighted by Crippen LogP contribution is -2.42. The highest BCUT2D eigenvalue weighted by molar-refractivity contribution is 7.19. The molecule has 1 saturated heterocycles. The fourth-order valence-electron chi connectivity index (χ4n) is 5.03. The van der Waals surface area contributed by atoms with Gasteiger partial charge in [0.15, 0.2) is 0 Å². The number of carbonyl (C=O) groups is 1. The third-order valence-electron chi connectivity index (χ3n) is 7.00. The fourth-order valence-corrected chi connectivity index (χ4v) is 6.30. The summed E-state index contributed by atoms with van der Waals surface area (Å²) in [5.74, 6) is 1.84. The van der Waals surface area contributed by atoms with E-state index in [2.05, 4.69) is 5.32 Å². The number of aromatic nitrogens is 2. The van der Waals surface area contributed by atoms with Crippen LogP contribution in [-0.2, 0) is 12.8 Å². The van der Waals surface area contributed by atoms with Crippen molar-refractivity contribution in [3.05, 3.63) is 51.9 Å². The summed E-state index contributed by atoms with van der Waals surface area (Å²) < 4.78 is 14.0. The monoisotopic (exact) mass is 450 g/mol. The smallest absolute Gasteiger partial charge is 0.256 e. The van der Waals surface area contributed by atoms with E-state index in [4.69, 9.17) is 9.97 Å². The molecule has 32 heavy (non-hydrogen) atoms. The molecule has 0 atom stereocenters. The molecule has 0 spiro atoms. The number of benzene rings is 1. The summed E-state index contributed by atoms with van der Waals surface area (Å²) >= 11 is 1.86. The van der Waals surface area contributed by atoms with Gasteiger partial charge >= 0.3 is 0 Å². The van der Waals surface area contributed by atoms with Gasteiger partial charge in [0.1, 0.15) is 22.3 Å². The first kappa shape index (κ1) is 20.1. The molecule has 166 valence electrons. The molecule has 3 heterocycles. The molecule has 5 nitrogen and oxygen atoms in total. The molecule has 2 fully saturated rings. The van der Waals surface area contributed by atoms with E-state index < -0.39 is 5.82 Å². The van der Waals surface area contributed by atoms with Crippen molar-refractivity contribution in [1.82, 2.24) is 14.9 Å². The lowest BCUT2D eigenvalue weighted by molar-refractivity contribution is 0.0713. The third kappa shape index (κ3) is 3.66. The first-order valence-electron chi connectivity index (χ1n) is 11.8. The van der Waals surface area contributed by atoms with Crippen molar-refractivity contribution in [3.63, 3.8) is 0 Å². The van der Waals surface area contributed by atoms with Gasteiger partial charge in [-0.1, -0.05) is 12.1 Å². The number of amides is 1. The van der Waals surface area contributed by atoms with Crippen LogP contribution < -0.4 is 5.32 Å². The molecular formula is C25H27FN4OS.